The highest BCUT2D eigenvalue weighted by Gasteiger charge is 2.17. The Morgan fingerprint density at radius 2 is 2.00 bits per heavy atom. The van der Waals surface area contributed by atoms with E-state index in [0.717, 1.165) is 35.7 Å². The summed E-state index contributed by atoms with van der Waals surface area (Å²) in [7, 11) is 1.70. The molecule has 1 fully saturated rings. The fourth-order valence-electron chi connectivity index (χ4n) is 2.84. The second-order valence-electron chi connectivity index (χ2n) is 5.70. The summed E-state index contributed by atoms with van der Waals surface area (Å²) in [6, 6.07) is 4.17. The first-order valence-electron chi connectivity index (χ1n) is 7.94. The Bertz CT molecular complexity index is 445. The van der Waals surface area contributed by atoms with Crippen LogP contribution in [0.3, 0.4) is 0 Å². The van der Waals surface area contributed by atoms with Gasteiger partial charge in [0.25, 0.3) is 0 Å². The van der Waals surface area contributed by atoms with Gasteiger partial charge in [0.1, 0.15) is 0 Å². The molecule has 1 aromatic carbocycles. The molecule has 0 saturated heterocycles. The van der Waals surface area contributed by atoms with E-state index in [1.54, 1.807) is 7.11 Å². The summed E-state index contributed by atoms with van der Waals surface area (Å²) >= 11 is 3.62. The normalized spacial score (nSPS) is 16.0. The standard InChI is InChI=1S/C17H26BrNO2/c1-3-19-11-14-9-15(18)17(16(10-14)20-2)21-12-13-7-5-4-6-8-13/h9-10,13,19H,3-8,11-12H2,1-2H3. The molecule has 3 nitrogen and oxygen atoms in total. The Balaban J connectivity index is 2.03. The molecule has 0 unspecified atom stereocenters. The Morgan fingerprint density at radius 3 is 2.67 bits per heavy atom. The van der Waals surface area contributed by atoms with Gasteiger partial charge in [-0.1, -0.05) is 26.2 Å². The smallest absolute Gasteiger partial charge is 0.175 e. The van der Waals surface area contributed by atoms with Crippen molar-refractivity contribution in [3.8, 4) is 11.5 Å². The molecule has 1 saturated carbocycles. The van der Waals surface area contributed by atoms with Crippen molar-refractivity contribution in [3.63, 3.8) is 0 Å². The molecule has 1 aliphatic carbocycles. The maximum absolute atomic E-state index is 6.07. The number of hydrogen-bond donors (Lipinski definition) is 1. The van der Waals surface area contributed by atoms with Crippen LogP contribution in [0.15, 0.2) is 16.6 Å². The minimum atomic E-state index is 0.691. The van der Waals surface area contributed by atoms with Gasteiger partial charge >= 0.3 is 0 Å². The van der Waals surface area contributed by atoms with Crippen LogP contribution in [-0.4, -0.2) is 20.3 Å². The lowest BCUT2D eigenvalue weighted by Crippen LogP contribution is -2.16. The zero-order valence-electron chi connectivity index (χ0n) is 13.1. The van der Waals surface area contributed by atoms with Crippen LogP contribution in [0.25, 0.3) is 0 Å². The minimum Gasteiger partial charge on any atom is -0.493 e. The first kappa shape index (κ1) is 16.6. The average molecular weight is 356 g/mol. The summed E-state index contributed by atoms with van der Waals surface area (Å²) in [5.74, 6) is 2.34. The van der Waals surface area contributed by atoms with Crippen LogP contribution < -0.4 is 14.8 Å². The minimum absolute atomic E-state index is 0.691. The van der Waals surface area contributed by atoms with Crippen molar-refractivity contribution in [1.82, 2.24) is 5.32 Å². The van der Waals surface area contributed by atoms with Crippen LogP contribution in [0, 0.1) is 5.92 Å². The molecule has 118 valence electrons. The van der Waals surface area contributed by atoms with Crippen LogP contribution >= 0.6 is 15.9 Å². The van der Waals surface area contributed by atoms with Crippen molar-refractivity contribution < 1.29 is 9.47 Å². The van der Waals surface area contributed by atoms with E-state index < -0.39 is 0 Å². The topological polar surface area (TPSA) is 30.5 Å². The van der Waals surface area contributed by atoms with Gasteiger partial charge < -0.3 is 14.8 Å². The molecular formula is C17H26BrNO2. The van der Waals surface area contributed by atoms with Crippen molar-refractivity contribution in [3.05, 3.63) is 22.2 Å². The summed E-state index contributed by atoms with van der Waals surface area (Å²) in [5.41, 5.74) is 1.20. The molecule has 0 atom stereocenters. The fourth-order valence-corrected chi connectivity index (χ4v) is 3.44. The summed E-state index contributed by atoms with van der Waals surface area (Å²) in [5, 5.41) is 3.33. The Kier molecular flexibility index (Phi) is 6.84. The molecule has 1 aliphatic rings. The van der Waals surface area contributed by atoms with Crippen molar-refractivity contribution >= 4 is 15.9 Å². The molecule has 0 bridgehead atoms. The van der Waals surface area contributed by atoms with Gasteiger partial charge in [0.05, 0.1) is 18.2 Å². The SMILES string of the molecule is CCNCc1cc(Br)c(OCC2CCCCC2)c(OC)c1. The summed E-state index contributed by atoms with van der Waals surface area (Å²) < 4.78 is 12.5. The van der Waals surface area contributed by atoms with Gasteiger partial charge in [0, 0.05) is 6.54 Å². The summed E-state index contributed by atoms with van der Waals surface area (Å²) in [4.78, 5) is 0. The predicted molar refractivity (Wildman–Crippen MR) is 90.1 cm³/mol. The van der Waals surface area contributed by atoms with E-state index in [0.29, 0.717) is 5.92 Å². The number of rotatable bonds is 7. The van der Waals surface area contributed by atoms with E-state index in [-0.39, 0.29) is 0 Å². The number of nitrogens with one attached hydrogen (secondary N) is 1. The van der Waals surface area contributed by atoms with Gasteiger partial charge in [-0.3, -0.25) is 0 Å². The summed E-state index contributed by atoms with van der Waals surface area (Å²) in [6.07, 6.45) is 6.64. The van der Waals surface area contributed by atoms with Gasteiger partial charge in [0.2, 0.25) is 0 Å². The van der Waals surface area contributed by atoms with Crippen molar-refractivity contribution in [2.75, 3.05) is 20.3 Å². The third-order valence-corrected chi connectivity index (χ3v) is 4.65. The van der Waals surface area contributed by atoms with E-state index in [4.69, 9.17) is 9.47 Å². The molecule has 0 aromatic heterocycles. The largest absolute Gasteiger partial charge is 0.493 e. The monoisotopic (exact) mass is 355 g/mol. The van der Waals surface area contributed by atoms with E-state index in [1.807, 2.05) is 0 Å². The number of benzene rings is 1. The van der Waals surface area contributed by atoms with Crippen LogP contribution in [0.2, 0.25) is 0 Å². The maximum atomic E-state index is 6.07. The molecule has 0 heterocycles. The zero-order chi connectivity index (χ0) is 15.1. The van der Waals surface area contributed by atoms with Gasteiger partial charge in [-0.2, -0.15) is 0 Å². The number of ether oxygens (including phenoxy) is 2. The Hall–Kier alpha value is -0.740. The third kappa shape index (κ3) is 4.89. The van der Waals surface area contributed by atoms with Gasteiger partial charge in [-0.15, -0.1) is 0 Å². The van der Waals surface area contributed by atoms with E-state index in [2.05, 4.69) is 40.3 Å². The van der Waals surface area contributed by atoms with E-state index in [9.17, 15) is 0 Å². The highest BCUT2D eigenvalue weighted by Crippen LogP contribution is 2.37. The first-order valence-corrected chi connectivity index (χ1v) is 8.73. The Morgan fingerprint density at radius 1 is 1.24 bits per heavy atom. The molecule has 0 amide bonds. The van der Waals surface area contributed by atoms with E-state index in [1.165, 1.54) is 37.7 Å². The molecule has 2 rings (SSSR count). The van der Waals surface area contributed by atoms with Crippen molar-refractivity contribution in [1.29, 1.82) is 0 Å². The number of hydrogen-bond acceptors (Lipinski definition) is 3. The second kappa shape index (κ2) is 8.64. The molecule has 4 heteroatoms. The number of halogens is 1. The molecule has 0 spiro atoms. The second-order valence-corrected chi connectivity index (χ2v) is 6.56. The van der Waals surface area contributed by atoms with Gasteiger partial charge in [-0.05, 0) is 58.9 Å². The first-order chi connectivity index (χ1) is 10.2. The quantitative estimate of drug-likeness (QED) is 0.779. The highest BCUT2D eigenvalue weighted by atomic mass is 79.9. The lowest BCUT2D eigenvalue weighted by atomic mass is 9.90. The van der Waals surface area contributed by atoms with E-state index >= 15 is 0 Å². The average Bonchev–Trinajstić information content (AvgIpc) is 2.52. The van der Waals surface area contributed by atoms with Gasteiger partial charge in [-0.25, -0.2) is 0 Å². The fraction of sp³-hybridized carbons (Fsp3) is 0.647. The lowest BCUT2D eigenvalue weighted by molar-refractivity contribution is 0.201. The van der Waals surface area contributed by atoms with Gasteiger partial charge in [0.15, 0.2) is 11.5 Å². The molecule has 0 aliphatic heterocycles. The Labute approximate surface area is 136 Å². The van der Waals surface area contributed by atoms with Crippen molar-refractivity contribution in [2.24, 2.45) is 5.92 Å². The third-order valence-electron chi connectivity index (χ3n) is 4.06. The summed E-state index contributed by atoms with van der Waals surface area (Å²) in [6.45, 7) is 4.70. The maximum Gasteiger partial charge on any atom is 0.175 e. The van der Waals surface area contributed by atoms with Crippen LogP contribution in [0.5, 0.6) is 11.5 Å². The van der Waals surface area contributed by atoms with Crippen LogP contribution in [-0.2, 0) is 6.54 Å². The lowest BCUT2D eigenvalue weighted by Gasteiger charge is -2.23. The van der Waals surface area contributed by atoms with Crippen molar-refractivity contribution in [2.45, 2.75) is 45.6 Å². The molecule has 1 aromatic rings. The number of methoxy groups -OCH3 is 1. The highest BCUT2D eigenvalue weighted by molar-refractivity contribution is 9.10. The molecule has 21 heavy (non-hydrogen) atoms. The van der Waals surface area contributed by atoms with Crippen LogP contribution in [0.1, 0.15) is 44.6 Å². The molecule has 0 radical (unpaired) electrons. The molecular weight excluding hydrogens is 330 g/mol. The predicted octanol–water partition coefficient (Wildman–Crippen LogP) is 4.53. The molecule has 1 N–H and O–H groups in total. The van der Waals surface area contributed by atoms with Crippen LogP contribution in [0.4, 0.5) is 0 Å². The zero-order valence-corrected chi connectivity index (χ0v) is 14.7.